The van der Waals surface area contributed by atoms with Crippen molar-refractivity contribution < 1.29 is 23.4 Å². The van der Waals surface area contributed by atoms with Gasteiger partial charge in [-0.2, -0.15) is 13.2 Å². The highest BCUT2D eigenvalue weighted by Gasteiger charge is 2.59. The third-order valence-electron chi connectivity index (χ3n) is 8.97. The maximum atomic E-state index is 14.8. The molecule has 2 unspecified atom stereocenters. The van der Waals surface area contributed by atoms with Gasteiger partial charge >= 0.3 is 6.18 Å². The molecule has 2 heterocycles. The van der Waals surface area contributed by atoms with E-state index in [9.17, 15) is 23.4 Å². The molecule has 0 aliphatic carbocycles. The minimum Gasteiger partial charge on any atom is -0.508 e. The highest BCUT2D eigenvalue weighted by atomic mass is 19.4. The van der Waals surface area contributed by atoms with Gasteiger partial charge in [-0.25, -0.2) is 0 Å². The van der Waals surface area contributed by atoms with Crippen molar-refractivity contribution in [2.75, 3.05) is 38.5 Å². The van der Waals surface area contributed by atoms with Gasteiger partial charge in [-0.1, -0.05) is 62.4 Å². The topological polar surface area (TPSA) is 59.0 Å². The normalized spacial score (nSPS) is 21.5. The predicted octanol–water partition coefficient (Wildman–Crippen LogP) is 6.58. The Morgan fingerprint density at radius 1 is 0.905 bits per heavy atom. The van der Waals surface area contributed by atoms with E-state index in [1.165, 1.54) is 6.07 Å². The number of nitrogens with one attached hydrogen (secondary N) is 1. The summed E-state index contributed by atoms with van der Waals surface area (Å²) in [5.41, 5.74) is -0.180. The molecule has 0 amide bonds. The molecule has 0 radical (unpaired) electrons. The van der Waals surface area contributed by atoms with E-state index in [1.807, 2.05) is 42.5 Å². The molecule has 2 aliphatic rings. The number of fused-ring (bicyclic) bond motifs is 1. The van der Waals surface area contributed by atoms with Crippen molar-refractivity contribution in [3.63, 3.8) is 0 Å². The van der Waals surface area contributed by atoms with Crippen LogP contribution < -0.4 is 5.32 Å². The van der Waals surface area contributed by atoms with Gasteiger partial charge in [0.25, 0.3) is 0 Å². The first-order valence-corrected chi connectivity index (χ1v) is 14.7. The Kier molecular flexibility index (Phi) is 8.11. The number of alkyl halides is 3. The first kappa shape index (κ1) is 30.4. The minimum atomic E-state index is -4.87. The number of likely N-dealkylation sites (N-methyl/N-ethyl adjacent to an activating group) is 1. The Bertz CT molecular complexity index is 1400. The summed E-state index contributed by atoms with van der Waals surface area (Å²) in [4.78, 5) is 4.70. The van der Waals surface area contributed by atoms with Crippen LogP contribution in [0.5, 0.6) is 5.75 Å². The molecule has 3 aromatic rings. The van der Waals surface area contributed by atoms with Crippen molar-refractivity contribution in [1.82, 2.24) is 9.80 Å². The number of nitrogens with zero attached hydrogens (tertiary/aromatic N) is 2. The lowest BCUT2D eigenvalue weighted by atomic mass is 9.70. The smallest absolute Gasteiger partial charge is 0.417 e. The number of halogens is 3. The molecular weight excluding hydrogens is 539 g/mol. The number of phenols is 1. The van der Waals surface area contributed by atoms with Crippen LogP contribution in [-0.2, 0) is 18.4 Å². The summed E-state index contributed by atoms with van der Waals surface area (Å²) in [6.45, 7) is 9.88. The Balaban J connectivity index is 1.36. The van der Waals surface area contributed by atoms with E-state index in [0.717, 1.165) is 60.7 Å². The molecule has 8 heteroatoms. The van der Waals surface area contributed by atoms with Gasteiger partial charge in [0, 0.05) is 55.9 Å². The molecule has 2 atom stereocenters. The molecule has 5 nitrogen and oxygen atoms in total. The highest BCUT2D eigenvalue weighted by Crippen LogP contribution is 2.49. The molecule has 0 aromatic heterocycles. The predicted molar refractivity (Wildman–Crippen MR) is 162 cm³/mol. The molecule has 0 bridgehead atoms. The van der Waals surface area contributed by atoms with Crippen LogP contribution in [0.2, 0.25) is 0 Å². The fourth-order valence-electron chi connectivity index (χ4n) is 6.80. The lowest BCUT2D eigenvalue weighted by Gasteiger charge is -2.42. The molecule has 3 N–H and O–H groups in total. The monoisotopic (exact) mass is 581 g/mol. The Morgan fingerprint density at radius 3 is 2.26 bits per heavy atom. The van der Waals surface area contributed by atoms with Crippen LogP contribution in [0, 0.1) is 0 Å². The van der Waals surface area contributed by atoms with E-state index < -0.39 is 35.6 Å². The molecular formula is C34H42F3N3O2. The summed E-state index contributed by atoms with van der Waals surface area (Å²) in [7, 11) is 2.12. The molecule has 5 rings (SSSR count). The van der Waals surface area contributed by atoms with Gasteiger partial charge in [0.1, 0.15) is 5.75 Å². The van der Waals surface area contributed by atoms with Crippen molar-refractivity contribution in [2.24, 2.45) is 0 Å². The zero-order chi connectivity index (χ0) is 30.3. The van der Waals surface area contributed by atoms with E-state index >= 15 is 0 Å². The van der Waals surface area contributed by atoms with Gasteiger partial charge in [-0.3, -0.25) is 4.90 Å². The Labute approximate surface area is 247 Å². The average molecular weight is 582 g/mol. The first-order valence-electron chi connectivity index (χ1n) is 14.7. The minimum absolute atomic E-state index is 0.0882. The number of hydrogen-bond acceptors (Lipinski definition) is 5. The van der Waals surface area contributed by atoms with Crippen LogP contribution in [0.1, 0.15) is 50.3 Å². The zero-order valence-corrected chi connectivity index (χ0v) is 24.9. The van der Waals surface area contributed by atoms with E-state index in [4.69, 9.17) is 0 Å². The summed E-state index contributed by atoms with van der Waals surface area (Å²) >= 11 is 0. The van der Waals surface area contributed by atoms with Crippen molar-refractivity contribution in [3.8, 4) is 16.9 Å². The fraction of sp³-hybridized carbons (Fsp3) is 0.471. The second-order valence-electron chi connectivity index (χ2n) is 13.3. The van der Waals surface area contributed by atoms with Gasteiger partial charge in [0.2, 0.25) is 0 Å². The molecule has 1 fully saturated rings. The molecule has 2 aliphatic heterocycles. The van der Waals surface area contributed by atoms with Gasteiger partial charge in [0.05, 0.1) is 0 Å². The quantitative estimate of drug-likeness (QED) is 0.281. The second kappa shape index (κ2) is 11.2. The number of benzene rings is 3. The average Bonchev–Trinajstić information content (AvgIpc) is 3.24. The number of aliphatic hydroxyl groups is 1. The standard InChI is InChI=1S/C34H42F3N3O2/c1-31(2,28-19-26(11-13-30(28)41)25-8-6-5-7-9-25)22-33(42,34(35,36)37)23-32(3)20-27-18-24(10-12-29(27)38-32)21-40-16-14-39(4)15-17-40/h5-13,18-19,38,41-42H,14-17,20-23H2,1-4H3. The summed E-state index contributed by atoms with van der Waals surface area (Å²) in [6.07, 6.45) is -5.61. The number of phenolic OH excluding ortho intramolecular Hbond substituents is 1. The lowest BCUT2D eigenvalue weighted by molar-refractivity contribution is -0.272. The molecule has 1 saturated heterocycles. The summed E-state index contributed by atoms with van der Waals surface area (Å²) in [5.74, 6) is -0.0882. The van der Waals surface area contributed by atoms with E-state index in [-0.39, 0.29) is 5.75 Å². The van der Waals surface area contributed by atoms with Gasteiger partial charge in [0.15, 0.2) is 5.60 Å². The molecule has 42 heavy (non-hydrogen) atoms. The summed E-state index contributed by atoms with van der Waals surface area (Å²) in [5, 5.41) is 25.5. The molecule has 3 aromatic carbocycles. The Hall–Kier alpha value is -3.07. The lowest BCUT2D eigenvalue weighted by Crippen LogP contribution is -2.55. The van der Waals surface area contributed by atoms with Crippen LogP contribution in [0.15, 0.2) is 66.7 Å². The maximum Gasteiger partial charge on any atom is 0.417 e. The number of aromatic hydroxyl groups is 1. The van der Waals surface area contributed by atoms with Crippen LogP contribution >= 0.6 is 0 Å². The molecule has 0 spiro atoms. The van der Waals surface area contributed by atoms with Gasteiger partial charge < -0.3 is 20.4 Å². The van der Waals surface area contributed by atoms with Crippen molar-refractivity contribution in [3.05, 3.63) is 83.4 Å². The first-order chi connectivity index (χ1) is 19.7. The van der Waals surface area contributed by atoms with E-state index in [1.54, 1.807) is 32.9 Å². The highest BCUT2D eigenvalue weighted by molar-refractivity contribution is 5.66. The van der Waals surface area contributed by atoms with Gasteiger partial charge in [-0.05, 0) is 72.7 Å². The van der Waals surface area contributed by atoms with Crippen LogP contribution in [0.4, 0.5) is 18.9 Å². The van der Waals surface area contributed by atoms with E-state index in [0.29, 0.717) is 12.0 Å². The van der Waals surface area contributed by atoms with E-state index in [2.05, 4.69) is 28.2 Å². The third-order valence-corrected chi connectivity index (χ3v) is 8.97. The SMILES string of the molecule is CN1CCN(Cc2ccc3c(c2)CC(C)(CC(O)(CC(C)(C)c2cc(-c4ccccc4)ccc2O)C(F)(F)F)N3)CC1. The van der Waals surface area contributed by atoms with Gasteiger partial charge in [-0.15, -0.1) is 0 Å². The number of anilines is 1. The van der Waals surface area contributed by atoms with Crippen LogP contribution in [0.25, 0.3) is 11.1 Å². The molecule has 0 saturated carbocycles. The number of hydrogen-bond donors (Lipinski definition) is 3. The Morgan fingerprint density at radius 2 is 1.60 bits per heavy atom. The van der Waals surface area contributed by atoms with Crippen LogP contribution in [-0.4, -0.2) is 70.6 Å². The van der Waals surface area contributed by atoms with Crippen molar-refractivity contribution >= 4 is 5.69 Å². The molecule has 226 valence electrons. The maximum absolute atomic E-state index is 14.8. The summed E-state index contributed by atoms with van der Waals surface area (Å²) in [6, 6.07) is 20.6. The fourth-order valence-corrected chi connectivity index (χ4v) is 6.80. The third kappa shape index (κ3) is 6.46. The second-order valence-corrected chi connectivity index (χ2v) is 13.3. The van der Waals surface area contributed by atoms with Crippen molar-refractivity contribution in [2.45, 2.75) is 69.3 Å². The largest absolute Gasteiger partial charge is 0.508 e. The van der Waals surface area contributed by atoms with Crippen molar-refractivity contribution in [1.29, 1.82) is 0 Å². The van der Waals surface area contributed by atoms with Crippen LogP contribution in [0.3, 0.4) is 0 Å². The number of rotatable bonds is 8. The zero-order valence-electron chi connectivity index (χ0n) is 24.9. The number of piperazine rings is 1. The summed E-state index contributed by atoms with van der Waals surface area (Å²) < 4.78 is 44.3.